The van der Waals surface area contributed by atoms with Crippen LogP contribution >= 0.6 is 0 Å². The van der Waals surface area contributed by atoms with Crippen LogP contribution in [-0.2, 0) is 4.74 Å². The normalized spacial score (nSPS) is 18.3. The highest BCUT2D eigenvalue weighted by atomic mass is 16.5. The summed E-state index contributed by atoms with van der Waals surface area (Å²) in [6.07, 6.45) is 2.14. The summed E-state index contributed by atoms with van der Waals surface area (Å²) in [4.78, 5) is 0. The zero-order chi connectivity index (χ0) is 13.9. The van der Waals surface area contributed by atoms with E-state index in [0.29, 0.717) is 5.69 Å². The van der Waals surface area contributed by atoms with Gasteiger partial charge in [0.2, 0.25) is 0 Å². The van der Waals surface area contributed by atoms with Crippen LogP contribution in [0.3, 0.4) is 0 Å². The highest BCUT2D eigenvalue weighted by Gasteiger charge is 2.27. The van der Waals surface area contributed by atoms with E-state index in [0.717, 1.165) is 37.5 Å². The molecule has 3 N–H and O–H groups in total. The van der Waals surface area contributed by atoms with Gasteiger partial charge in [-0.1, -0.05) is 0 Å². The standard InChI is InChI=1S/C15H24N2O2/c1-11(2)19-14-10-12(4-5-13(14)16)17-15(3)6-8-18-9-7-15/h4-5,10-11,17H,6-9,16H2,1-3H3. The molecular weight excluding hydrogens is 240 g/mol. The van der Waals surface area contributed by atoms with Gasteiger partial charge in [-0.05, 0) is 45.7 Å². The lowest BCUT2D eigenvalue weighted by Gasteiger charge is -2.35. The van der Waals surface area contributed by atoms with Gasteiger partial charge in [0.1, 0.15) is 5.75 Å². The quantitative estimate of drug-likeness (QED) is 0.821. The Hall–Kier alpha value is -1.42. The van der Waals surface area contributed by atoms with Gasteiger partial charge in [0.25, 0.3) is 0 Å². The second-order valence-electron chi connectivity index (χ2n) is 5.72. The largest absolute Gasteiger partial charge is 0.489 e. The van der Waals surface area contributed by atoms with Crippen molar-refractivity contribution in [1.82, 2.24) is 0 Å². The van der Waals surface area contributed by atoms with E-state index in [9.17, 15) is 0 Å². The van der Waals surface area contributed by atoms with E-state index in [1.54, 1.807) is 0 Å². The Bertz CT molecular complexity index is 426. The van der Waals surface area contributed by atoms with Crippen LogP contribution < -0.4 is 15.8 Å². The lowest BCUT2D eigenvalue weighted by molar-refractivity contribution is 0.0658. The highest BCUT2D eigenvalue weighted by Crippen LogP contribution is 2.30. The minimum Gasteiger partial charge on any atom is -0.489 e. The third-order valence-corrected chi connectivity index (χ3v) is 3.42. The van der Waals surface area contributed by atoms with Crippen LogP contribution in [0.4, 0.5) is 11.4 Å². The van der Waals surface area contributed by atoms with Gasteiger partial charge in [0.15, 0.2) is 0 Å². The first-order valence-electron chi connectivity index (χ1n) is 6.91. The molecule has 0 spiro atoms. The van der Waals surface area contributed by atoms with Crippen molar-refractivity contribution in [2.75, 3.05) is 24.3 Å². The Morgan fingerprint density at radius 2 is 2.00 bits per heavy atom. The van der Waals surface area contributed by atoms with Gasteiger partial charge in [-0.25, -0.2) is 0 Å². The van der Waals surface area contributed by atoms with E-state index >= 15 is 0 Å². The first kappa shape index (κ1) is 14.0. The van der Waals surface area contributed by atoms with Crippen molar-refractivity contribution in [2.24, 2.45) is 0 Å². The molecule has 1 heterocycles. The van der Waals surface area contributed by atoms with Gasteiger partial charge in [-0.3, -0.25) is 0 Å². The molecule has 106 valence electrons. The lowest BCUT2D eigenvalue weighted by atomic mass is 9.92. The molecule has 1 aromatic carbocycles. The Morgan fingerprint density at radius 3 is 2.63 bits per heavy atom. The van der Waals surface area contributed by atoms with Crippen LogP contribution in [0.25, 0.3) is 0 Å². The molecule has 0 aromatic heterocycles. The number of nitrogens with one attached hydrogen (secondary N) is 1. The number of hydrogen-bond donors (Lipinski definition) is 2. The second kappa shape index (κ2) is 5.70. The van der Waals surface area contributed by atoms with Crippen molar-refractivity contribution in [3.63, 3.8) is 0 Å². The van der Waals surface area contributed by atoms with Crippen molar-refractivity contribution in [1.29, 1.82) is 0 Å². The number of rotatable bonds is 4. The fourth-order valence-corrected chi connectivity index (χ4v) is 2.26. The summed E-state index contributed by atoms with van der Waals surface area (Å²) in [5, 5.41) is 3.58. The topological polar surface area (TPSA) is 56.5 Å². The van der Waals surface area contributed by atoms with E-state index in [2.05, 4.69) is 12.2 Å². The molecule has 0 bridgehead atoms. The molecule has 1 aliphatic rings. The maximum Gasteiger partial charge on any atom is 0.144 e. The maximum atomic E-state index is 5.93. The summed E-state index contributed by atoms with van der Waals surface area (Å²) in [5.74, 6) is 0.746. The number of benzene rings is 1. The molecule has 4 heteroatoms. The molecule has 0 unspecified atom stereocenters. The van der Waals surface area contributed by atoms with Gasteiger partial charge < -0.3 is 20.5 Å². The summed E-state index contributed by atoms with van der Waals surface area (Å²) < 4.78 is 11.1. The Morgan fingerprint density at radius 1 is 1.32 bits per heavy atom. The van der Waals surface area contributed by atoms with Gasteiger partial charge in [0.05, 0.1) is 11.8 Å². The highest BCUT2D eigenvalue weighted by molar-refractivity contribution is 5.62. The van der Waals surface area contributed by atoms with E-state index in [4.69, 9.17) is 15.2 Å². The fraction of sp³-hybridized carbons (Fsp3) is 0.600. The second-order valence-corrected chi connectivity index (χ2v) is 5.72. The number of hydrogen-bond acceptors (Lipinski definition) is 4. The minimum absolute atomic E-state index is 0.0868. The Kier molecular flexibility index (Phi) is 4.20. The maximum absolute atomic E-state index is 5.93. The Labute approximate surface area is 115 Å². The zero-order valence-electron chi connectivity index (χ0n) is 12.0. The van der Waals surface area contributed by atoms with Gasteiger partial charge in [0, 0.05) is 30.5 Å². The number of nitrogen functional groups attached to an aromatic ring is 1. The van der Waals surface area contributed by atoms with Crippen molar-refractivity contribution < 1.29 is 9.47 Å². The summed E-state index contributed by atoms with van der Waals surface area (Å²) in [6, 6.07) is 5.88. The third kappa shape index (κ3) is 3.77. The summed E-state index contributed by atoms with van der Waals surface area (Å²) >= 11 is 0. The fourth-order valence-electron chi connectivity index (χ4n) is 2.26. The number of nitrogens with two attached hydrogens (primary N) is 1. The molecule has 1 fully saturated rings. The Balaban J connectivity index is 2.11. The first-order chi connectivity index (χ1) is 8.98. The molecule has 1 aromatic rings. The molecule has 0 amide bonds. The molecule has 19 heavy (non-hydrogen) atoms. The van der Waals surface area contributed by atoms with Crippen LogP contribution in [0.2, 0.25) is 0 Å². The lowest BCUT2D eigenvalue weighted by Crippen LogP contribution is -2.40. The van der Waals surface area contributed by atoms with Crippen molar-refractivity contribution in [3.05, 3.63) is 18.2 Å². The van der Waals surface area contributed by atoms with E-state index in [-0.39, 0.29) is 11.6 Å². The van der Waals surface area contributed by atoms with Crippen LogP contribution in [0.5, 0.6) is 5.75 Å². The average Bonchev–Trinajstić information content (AvgIpc) is 2.33. The predicted molar refractivity (Wildman–Crippen MR) is 78.7 cm³/mol. The van der Waals surface area contributed by atoms with Crippen LogP contribution in [0.1, 0.15) is 33.6 Å². The molecule has 0 aliphatic carbocycles. The summed E-state index contributed by atoms with van der Waals surface area (Å²) in [5.41, 5.74) is 7.75. The van der Waals surface area contributed by atoms with Crippen LogP contribution in [0, 0.1) is 0 Å². The third-order valence-electron chi connectivity index (χ3n) is 3.42. The van der Waals surface area contributed by atoms with E-state index < -0.39 is 0 Å². The first-order valence-corrected chi connectivity index (χ1v) is 6.91. The van der Waals surface area contributed by atoms with Crippen LogP contribution in [-0.4, -0.2) is 24.9 Å². The van der Waals surface area contributed by atoms with Crippen molar-refractivity contribution in [2.45, 2.75) is 45.3 Å². The molecule has 0 saturated carbocycles. The number of ether oxygens (including phenoxy) is 2. The van der Waals surface area contributed by atoms with Gasteiger partial charge in [-0.15, -0.1) is 0 Å². The number of anilines is 2. The average molecular weight is 264 g/mol. The molecule has 0 atom stereocenters. The van der Waals surface area contributed by atoms with Crippen molar-refractivity contribution >= 4 is 11.4 Å². The zero-order valence-corrected chi connectivity index (χ0v) is 12.0. The van der Waals surface area contributed by atoms with Gasteiger partial charge in [-0.2, -0.15) is 0 Å². The van der Waals surface area contributed by atoms with E-state index in [1.165, 1.54) is 0 Å². The molecule has 1 aliphatic heterocycles. The molecule has 2 rings (SSSR count). The van der Waals surface area contributed by atoms with Crippen molar-refractivity contribution in [3.8, 4) is 5.75 Å². The monoisotopic (exact) mass is 264 g/mol. The molecule has 4 nitrogen and oxygen atoms in total. The molecule has 1 saturated heterocycles. The SMILES string of the molecule is CC(C)Oc1cc(NC2(C)CCOCC2)ccc1N. The summed E-state index contributed by atoms with van der Waals surface area (Å²) in [6.45, 7) is 7.86. The predicted octanol–water partition coefficient (Wildman–Crippen LogP) is 3.04. The van der Waals surface area contributed by atoms with Gasteiger partial charge >= 0.3 is 0 Å². The molecular formula is C15H24N2O2. The van der Waals surface area contributed by atoms with Crippen LogP contribution in [0.15, 0.2) is 18.2 Å². The van der Waals surface area contributed by atoms with E-state index in [1.807, 2.05) is 32.0 Å². The smallest absolute Gasteiger partial charge is 0.144 e. The molecule has 0 radical (unpaired) electrons. The minimum atomic E-state index is 0.0868. The summed E-state index contributed by atoms with van der Waals surface area (Å²) in [7, 11) is 0.